The van der Waals surface area contributed by atoms with E-state index in [2.05, 4.69) is 5.32 Å². The highest BCUT2D eigenvalue weighted by molar-refractivity contribution is 5.95. The molecule has 0 bridgehead atoms. The Balaban J connectivity index is 0.00000242. The molecule has 0 saturated carbocycles. The molecule has 1 heterocycles. The zero-order valence-corrected chi connectivity index (χ0v) is 13.3. The molecular weight excluding hydrogens is 311 g/mol. The fourth-order valence-corrected chi connectivity index (χ4v) is 2.22. The van der Waals surface area contributed by atoms with E-state index in [1.165, 1.54) is 18.2 Å². The van der Waals surface area contributed by atoms with E-state index in [0.29, 0.717) is 31.0 Å². The summed E-state index contributed by atoms with van der Waals surface area (Å²) in [5.74, 6) is -0.322. The summed E-state index contributed by atoms with van der Waals surface area (Å²) in [5.41, 5.74) is 5.98. The lowest BCUT2D eigenvalue weighted by molar-refractivity contribution is -0.126. The number of ether oxygens (including phenoxy) is 2. The molecule has 1 fully saturated rings. The molecule has 7 heteroatoms. The smallest absolute Gasteiger partial charge is 0.253 e. The van der Waals surface area contributed by atoms with Crippen LogP contribution in [0.5, 0.6) is 5.75 Å². The van der Waals surface area contributed by atoms with Crippen LogP contribution in [0.15, 0.2) is 18.2 Å². The van der Waals surface area contributed by atoms with Gasteiger partial charge in [0.2, 0.25) is 0 Å². The van der Waals surface area contributed by atoms with Crippen LogP contribution < -0.4 is 15.8 Å². The number of benzene rings is 1. The molecule has 1 saturated heterocycles. The van der Waals surface area contributed by atoms with Crippen LogP contribution in [0.4, 0.5) is 10.1 Å². The summed E-state index contributed by atoms with van der Waals surface area (Å²) in [5, 5.41) is 2.74. The number of carbonyl (C=O) groups excluding carboxylic acids is 1. The maximum Gasteiger partial charge on any atom is 0.253 e. The first-order valence-corrected chi connectivity index (χ1v) is 7.22. The first-order valence-electron chi connectivity index (χ1n) is 7.22. The van der Waals surface area contributed by atoms with E-state index < -0.39 is 11.9 Å². The molecule has 0 aliphatic carbocycles. The fraction of sp³-hybridized carbons (Fsp3) is 0.533. The minimum absolute atomic E-state index is 0. The maximum atomic E-state index is 13.3. The van der Waals surface area contributed by atoms with Gasteiger partial charge in [0.15, 0.2) is 0 Å². The van der Waals surface area contributed by atoms with E-state index in [9.17, 15) is 9.18 Å². The van der Waals surface area contributed by atoms with Crippen molar-refractivity contribution < 1.29 is 18.7 Å². The van der Waals surface area contributed by atoms with Crippen molar-refractivity contribution in [3.8, 4) is 5.75 Å². The molecule has 3 N–H and O–H groups in total. The molecule has 0 spiro atoms. The molecule has 5 nitrogen and oxygen atoms in total. The number of rotatable bonds is 6. The molecule has 2 rings (SSSR count). The Morgan fingerprint density at radius 3 is 2.91 bits per heavy atom. The van der Waals surface area contributed by atoms with Gasteiger partial charge in [-0.2, -0.15) is 0 Å². The van der Waals surface area contributed by atoms with Gasteiger partial charge in [0.05, 0.1) is 18.4 Å². The van der Waals surface area contributed by atoms with Gasteiger partial charge in [0, 0.05) is 12.6 Å². The topological polar surface area (TPSA) is 73.6 Å². The zero-order valence-electron chi connectivity index (χ0n) is 12.5. The van der Waals surface area contributed by atoms with E-state index in [0.717, 1.165) is 12.8 Å². The minimum atomic E-state index is -0.511. The van der Waals surface area contributed by atoms with Gasteiger partial charge in [-0.15, -0.1) is 12.4 Å². The molecule has 2 atom stereocenters. The molecule has 0 aromatic heterocycles. The second kappa shape index (κ2) is 8.92. The lowest BCUT2D eigenvalue weighted by atomic mass is 10.2. The minimum Gasteiger partial charge on any atom is -0.491 e. The zero-order chi connectivity index (χ0) is 15.2. The van der Waals surface area contributed by atoms with Crippen molar-refractivity contribution in [1.29, 1.82) is 0 Å². The molecule has 0 radical (unpaired) electrons. The van der Waals surface area contributed by atoms with E-state index >= 15 is 0 Å². The quantitative estimate of drug-likeness (QED) is 0.839. The second-order valence-corrected chi connectivity index (χ2v) is 5.04. The van der Waals surface area contributed by atoms with Crippen LogP contribution in [0.1, 0.15) is 26.2 Å². The Bertz CT molecular complexity index is 502. The van der Waals surface area contributed by atoms with Crippen molar-refractivity contribution in [2.75, 3.05) is 18.5 Å². The van der Waals surface area contributed by atoms with E-state index in [1.807, 2.05) is 6.92 Å². The number of hydrogen-bond acceptors (Lipinski definition) is 4. The van der Waals surface area contributed by atoms with Gasteiger partial charge in [-0.25, -0.2) is 4.39 Å². The lowest BCUT2D eigenvalue weighted by Crippen LogP contribution is -2.30. The summed E-state index contributed by atoms with van der Waals surface area (Å²) in [7, 11) is 0. The number of nitrogens with two attached hydrogens (primary N) is 1. The SMILES string of the molecule is CCCOc1cc(F)ccc1NC(=O)[C@@H]1CC[C@H](CN)O1.Cl. The van der Waals surface area contributed by atoms with Gasteiger partial charge in [0.1, 0.15) is 17.7 Å². The number of nitrogens with one attached hydrogen (secondary N) is 1. The normalized spacial score (nSPS) is 20.3. The Morgan fingerprint density at radius 1 is 1.50 bits per heavy atom. The highest BCUT2D eigenvalue weighted by atomic mass is 35.5. The van der Waals surface area contributed by atoms with Gasteiger partial charge in [0.25, 0.3) is 5.91 Å². The van der Waals surface area contributed by atoms with Gasteiger partial charge < -0.3 is 20.5 Å². The summed E-state index contributed by atoms with van der Waals surface area (Å²) >= 11 is 0. The number of hydrogen-bond donors (Lipinski definition) is 2. The van der Waals surface area contributed by atoms with Gasteiger partial charge >= 0.3 is 0 Å². The summed E-state index contributed by atoms with van der Waals surface area (Å²) in [4.78, 5) is 12.2. The number of carbonyl (C=O) groups is 1. The molecule has 1 aliphatic rings. The standard InChI is InChI=1S/C15H21FN2O3.ClH/c1-2-7-20-14-8-10(16)3-5-12(14)18-15(19)13-6-4-11(9-17)21-13;/h3,5,8,11,13H,2,4,6-7,9,17H2,1H3,(H,18,19);1H/t11-,13+;/m1./s1. The lowest BCUT2D eigenvalue weighted by Gasteiger charge is -2.15. The average molecular weight is 333 g/mol. The third-order valence-electron chi connectivity index (χ3n) is 3.33. The summed E-state index contributed by atoms with van der Waals surface area (Å²) in [6, 6.07) is 4.05. The van der Waals surface area contributed by atoms with Crippen LogP contribution in [0.3, 0.4) is 0 Å². The maximum absolute atomic E-state index is 13.3. The molecule has 1 aromatic carbocycles. The van der Waals surface area contributed by atoms with Crippen molar-refractivity contribution in [3.05, 3.63) is 24.0 Å². The van der Waals surface area contributed by atoms with Crippen LogP contribution in [0, 0.1) is 5.82 Å². The van der Waals surface area contributed by atoms with Crippen molar-refractivity contribution in [1.82, 2.24) is 0 Å². The van der Waals surface area contributed by atoms with Crippen molar-refractivity contribution in [2.45, 2.75) is 38.4 Å². The van der Waals surface area contributed by atoms with Crippen molar-refractivity contribution >= 4 is 24.0 Å². The Labute approximate surface area is 135 Å². The second-order valence-electron chi connectivity index (χ2n) is 5.04. The molecule has 1 amide bonds. The van der Waals surface area contributed by atoms with E-state index in [4.69, 9.17) is 15.2 Å². The third-order valence-corrected chi connectivity index (χ3v) is 3.33. The van der Waals surface area contributed by atoms with Crippen LogP contribution >= 0.6 is 12.4 Å². The predicted molar refractivity (Wildman–Crippen MR) is 85.0 cm³/mol. The average Bonchev–Trinajstić information content (AvgIpc) is 2.96. The predicted octanol–water partition coefficient (Wildman–Crippen LogP) is 2.48. The number of anilines is 1. The molecular formula is C15H22ClFN2O3. The van der Waals surface area contributed by atoms with Crippen molar-refractivity contribution in [2.24, 2.45) is 5.73 Å². The third kappa shape index (κ3) is 4.83. The van der Waals surface area contributed by atoms with Gasteiger partial charge in [-0.1, -0.05) is 6.92 Å². The van der Waals surface area contributed by atoms with E-state index in [-0.39, 0.29) is 24.4 Å². The van der Waals surface area contributed by atoms with Crippen LogP contribution in [0.2, 0.25) is 0 Å². The summed E-state index contributed by atoms with van der Waals surface area (Å²) < 4.78 is 24.3. The van der Waals surface area contributed by atoms with E-state index in [1.54, 1.807) is 0 Å². The number of halogens is 2. The Hall–Kier alpha value is -1.37. The molecule has 1 aromatic rings. The van der Waals surface area contributed by atoms with Gasteiger partial charge in [-0.3, -0.25) is 4.79 Å². The summed E-state index contributed by atoms with van der Waals surface area (Å²) in [6.45, 7) is 2.82. The van der Waals surface area contributed by atoms with Crippen LogP contribution in [0.25, 0.3) is 0 Å². The van der Waals surface area contributed by atoms with Crippen LogP contribution in [-0.4, -0.2) is 31.3 Å². The number of amides is 1. The highest BCUT2D eigenvalue weighted by Crippen LogP contribution is 2.27. The largest absolute Gasteiger partial charge is 0.491 e. The van der Waals surface area contributed by atoms with Crippen molar-refractivity contribution in [3.63, 3.8) is 0 Å². The molecule has 22 heavy (non-hydrogen) atoms. The first-order chi connectivity index (χ1) is 10.1. The van der Waals surface area contributed by atoms with Crippen LogP contribution in [-0.2, 0) is 9.53 Å². The fourth-order valence-electron chi connectivity index (χ4n) is 2.22. The van der Waals surface area contributed by atoms with Gasteiger partial charge in [-0.05, 0) is 31.4 Å². The summed E-state index contributed by atoms with van der Waals surface area (Å²) in [6.07, 6.45) is 1.64. The monoisotopic (exact) mass is 332 g/mol. The first kappa shape index (κ1) is 18.7. The Kier molecular flexibility index (Phi) is 7.58. The Morgan fingerprint density at radius 2 is 2.27 bits per heavy atom. The molecule has 124 valence electrons. The highest BCUT2D eigenvalue weighted by Gasteiger charge is 2.30. The molecule has 0 unspecified atom stereocenters. The molecule has 1 aliphatic heterocycles.